The zero-order chi connectivity index (χ0) is 14.5. The van der Waals surface area contributed by atoms with E-state index in [4.69, 9.17) is 0 Å². The molecule has 7 nitrogen and oxygen atoms in total. The Bertz CT molecular complexity index is 490. The zero-order valence-corrected chi connectivity index (χ0v) is 12.6. The fourth-order valence-electron chi connectivity index (χ4n) is 1.95. The van der Waals surface area contributed by atoms with E-state index in [0.29, 0.717) is 26.2 Å². The summed E-state index contributed by atoms with van der Waals surface area (Å²) in [7, 11) is 0. The van der Waals surface area contributed by atoms with Gasteiger partial charge in [0.1, 0.15) is 5.01 Å². The molecule has 1 fully saturated rings. The highest BCUT2D eigenvalue weighted by Crippen LogP contribution is 2.18. The molecule has 8 heteroatoms. The third kappa shape index (κ3) is 3.24. The standard InChI is InChI=1S/C12H19N5O2S/c1-3-5-13-12-15-14-9(20-12)8-17-7-6-16(4-2)10(18)11(17)19/h3-8H2,1-2H3,(H,13,15). The van der Waals surface area contributed by atoms with Gasteiger partial charge in [0.05, 0.1) is 6.54 Å². The van der Waals surface area contributed by atoms with Gasteiger partial charge < -0.3 is 15.1 Å². The van der Waals surface area contributed by atoms with Crippen molar-refractivity contribution in [2.45, 2.75) is 26.8 Å². The van der Waals surface area contributed by atoms with E-state index in [-0.39, 0.29) is 0 Å². The summed E-state index contributed by atoms with van der Waals surface area (Å²) in [6.45, 7) is 6.86. The topological polar surface area (TPSA) is 78.4 Å². The molecule has 110 valence electrons. The highest BCUT2D eigenvalue weighted by molar-refractivity contribution is 7.15. The number of nitrogens with one attached hydrogen (secondary N) is 1. The van der Waals surface area contributed by atoms with Crippen LogP contribution in [0.2, 0.25) is 0 Å². The van der Waals surface area contributed by atoms with Crippen molar-refractivity contribution >= 4 is 28.3 Å². The highest BCUT2D eigenvalue weighted by Gasteiger charge is 2.31. The number of carbonyl (C=O) groups excluding carboxylic acids is 2. The van der Waals surface area contributed by atoms with E-state index in [0.717, 1.165) is 23.1 Å². The number of nitrogens with zero attached hydrogens (tertiary/aromatic N) is 4. The lowest BCUT2D eigenvalue weighted by atomic mass is 10.3. The van der Waals surface area contributed by atoms with Crippen LogP contribution in [0, 0.1) is 0 Å². The maximum absolute atomic E-state index is 12.0. The Kier molecular flexibility index (Phi) is 4.89. The lowest BCUT2D eigenvalue weighted by Crippen LogP contribution is -2.53. The third-order valence-electron chi connectivity index (χ3n) is 3.10. The Balaban J connectivity index is 1.95. The number of hydrogen-bond donors (Lipinski definition) is 1. The molecular weight excluding hydrogens is 278 g/mol. The number of piperazine rings is 1. The van der Waals surface area contributed by atoms with Crippen molar-refractivity contribution in [1.29, 1.82) is 0 Å². The predicted octanol–water partition coefficient (Wildman–Crippen LogP) is 0.551. The maximum atomic E-state index is 12.0. The average molecular weight is 297 g/mol. The summed E-state index contributed by atoms with van der Waals surface area (Å²) in [6, 6.07) is 0. The van der Waals surface area contributed by atoms with Crippen LogP contribution in [-0.2, 0) is 16.1 Å². The molecule has 20 heavy (non-hydrogen) atoms. The first-order chi connectivity index (χ1) is 9.65. The first kappa shape index (κ1) is 14.7. The normalized spacial score (nSPS) is 15.9. The highest BCUT2D eigenvalue weighted by atomic mass is 32.1. The van der Waals surface area contributed by atoms with Gasteiger partial charge in [0.25, 0.3) is 0 Å². The molecule has 2 amide bonds. The van der Waals surface area contributed by atoms with Crippen LogP contribution < -0.4 is 5.32 Å². The van der Waals surface area contributed by atoms with Gasteiger partial charge in [0.2, 0.25) is 5.13 Å². The molecule has 1 aliphatic rings. The second-order valence-electron chi connectivity index (χ2n) is 4.54. The molecule has 0 bridgehead atoms. The lowest BCUT2D eigenvalue weighted by Gasteiger charge is -2.32. The number of hydrogen-bond acceptors (Lipinski definition) is 6. The van der Waals surface area contributed by atoms with Crippen molar-refractivity contribution in [1.82, 2.24) is 20.0 Å². The number of amides is 2. The molecule has 1 aromatic heterocycles. The molecule has 1 N–H and O–H groups in total. The Morgan fingerprint density at radius 2 is 1.85 bits per heavy atom. The summed E-state index contributed by atoms with van der Waals surface area (Å²) in [5, 5.41) is 12.7. The second-order valence-corrected chi connectivity index (χ2v) is 5.60. The van der Waals surface area contributed by atoms with E-state index in [9.17, 15) is 9.59 Å². The third-order valence-corrected chi connectivity index (χ3v) is 3.96. The van der Waals surface area contributed by atoms with Crippen LogP contribution in [0.3, 0.4) is 0 Å². The molecule has 0 atom stereocenters. The fourth-order valence-corrected chi connectivity index (χ4v) is 2.73. The number of rotatable bonds is 6. The van der Waals surface area contributed by atoms with Crippen LogP contribution in [0.25, 0.3) is 0 Å². The van der Waals surface area contributed by atoms with Crippen molar-refractivity contribution in [3.05, 3.63) is 5.01 Å². The van der Waals surface area contributed by atoms with E-state index in [1.807, 2.05) is 6.92 Å². The summed E-state index contributed by atoms with van der Waals surface area (Å²) in [6.07, 6.45) is 1.01. The second kappa shape index (κ2) is 6.65. The minimum atomic E-state index is -0.448. The van der Waals surface area contributed by atoms with Crippen molar-refractivity contribution < 1.29 is 9.59 Å². The van der Waals surface area contributed by atoms with Gasteiger partial charge in [0, 0.05) is 26.2 Å². The summed E-state index contributed by atoms with van der Waals surface area (Å²) in [5.74, 6) is -0.871. The van der Waals surface area contributed by atoms with Gasteiger partial charge in [-0.15, -0.1) is 10.2 Å². The van der Waals surface area contributed by atoms with Gasteiger partial charge in [-0.25, -0.2) is 0 Å². The summed E-state index contributed by atoms with van der Waals surface area (Å²) in [5.41, 5.74) is 0. The Morgan fingerprint density at radius 1 is 1.15 bits per heavy atom. The van der Waals surface area contributed by atoms with Crippen LogP contribution in [0.5, 0.6) is 0 Å². The molecule has 0 spiro atoms. The van der Waals surface area contributed by atoms with Gasteiger partial charge in [-0.2, -0.15) is 0 Å². The van der Waals surface area contributed by atoms with Crippen LogP contribution in [0.15, 0.2) is 0 Å². The van der Waals surface area contributed by atoms with Crippen LogP contribution in [-0.4, -0.2) is 58.0 Å². The summed E-state index contributed by atoms with van der Waals surface area (Å²) >= 11 is 1.42. The van der Waals surface area contributed by atoms with Crippen molar-refractivity contribution in [3.8, 4) is 0 Å². The van der Waals surface area contributed by atoms with E-state index in [1.165, 1.54) is 11.3 Å². The summed E-state index contributed by atoms with van der Waals surface area (Å²) < 4.78 is 0. The molecule has 2 rings (SSSR count). The average Bonchev–Trinajstić information content (AvgIpc) is 2.89. The van der Waals surface area contributed by atoms with Crippen LogP contribution in [0.1, 0.15) is 25.3 Å². The smallest absolute Gasteiger partial charge is 0.312 e. The fraction of sp³-hybridized carbons (Fsp3) is 0.667. The van der Waals surface area contributed by atoms with Crippen LogP contribution >= 0.6 is 11.3 Å². The quantitative estimate of drug-likeness (QED) is 0.776. The molecule has 2 heterocycles. The first-order valence-electron chi connectivity index (χ1n) is 6.80. The van der Waals surface area contributed by atoms with Gasteiger partial charge in [-0.3, -0.25) is 9.59 Å². The Labute approximate surface area is 122 Å². The zero-order valence-electron chi connectivity index (χ0n) is 11.8. The monoisotopic (exact) mass is 297 g/mol. The molecule has 0 radical (unpaired) electrons. The summed E-state index contributed by atoms with van der Waals surface area (Å²) in [4.78, 5) is 26.8. The molecule has 0 aliphatic carbocycles. The number of likely N-dealkylation sites (N-methyl/N-ethyl adjacent to an activating group) is 1. The largest absolute Gasteiger partial charge is 0.360 e. The molecule has 0 unspecified atom stereocenters. The van der Waals surface area contributed by atoms with E-state index in [1.54, 1.807) is 9.80 Å². The molecule has 0 saturated carbocycles. The molecule has 1 saturated heterocycles. The minimum absolute atomic E-state index is 0.355. The SMILES string of the molecule is CCCNc1nnc(CN2CCN(CC)C(=O)C2=O)s1. The van der Waals surface area contributed by atoms with Crippen molar-refractivity contribution in [3.63, 3.8) is 0 Å². The van der Waals surface area contributed by atoms with Crippen molar-refractivity contribution in [2.24, 2.45) is 0 Å². The van der Waals surface area contributed by atoms with Crippen molar-refractivity contribution in [2.75, 3.05) is 31.5 Å². The van der Waals surface area contributed by atoms with Crippen LogP contribution in [0.4, 0.5) is 5.13 Å². The lowest BCUT2D eigenvalue weighted by molar-refractivity contribution is -0.156. The maximum Gasteiger partial charge on any atom is 0.312 e. The minimum Gasteiger partial charge on any atom is -0.360 e. The number of aromatic nitrogens is 2. The van der Waals surface area contributed by atoms with Gasteiger partial charge in [-0.05, 0) is 13.3 Å². The van der Waals surface area contributed by atoms with E-state index < -0.39 is 11.8 Å². The van der Waals surface area contributed by atoms with Gasteiger partial charge in [0.15, 0.2) is 0 Å². The first-order valence-corrected chi connectivity index (χ1v) is 7.61. The Morgan fingerprint density at radius 3 is 2.55 bits per heavy atom. The van der Waals surface area contributed by atoms with E-state index in [2.05, 4.69) is 22.4 Å². The Hall–Kier alpha value is -1.70. The number of carbonyl (C=O) groups is 2. The molecular formula is C12H19N5O2S. The number of anilines is 1. The molecule has 1 aromatic rings. The predicted molar refractivity (Wildman–Crippen MR) is 76.4 cm³/mol. The van der Waals surface area contributed by atoms with Gasteiger partial charge in [-0.1, -0.05) is 18.3 Å². The van der Waals surface area contributed by atoms with Gasteiger partial charge >= 0.3 is 11.8 Å². The molecule has 1 aliphatic heterocycles. The molecule has 0 aromatic carbocycles. The van der Waals surface area contributed by atoms with E-state index >= 15 is 0 Å².